The van der Waals surface area contributed by atoms with Crippen molar-refractivity contribution < 1.29 is 4.74 Å². The van der Waals surface area contributed by atoms with Gasteiger partial charge in [-0.2, -0.15) is 21.3 Å². The molecule has 0 radical (unpaired) electrons. The summed E-state index contributed by atoms with van der Waals surface area (Å²) in [5, 5.41) is 11.1. The molecule has 0 amide bonds. The lowest BCUT2D eigenvalue weighted by atomic mass is 10.2. The molecule has 0 unspecified atom stereocenters. The summed E-state index contributed by atoms with van der Waals surface area (Å²) >= 11 is 1.66. The summed E-state index contributed by atoms with van der Waals surface area (Å²) in [5.74, 6) is 1.40. The second-order valence-corrected chi connectivity index (χ2v) is 9.68. The zero-order valence-electron chi connectivity index (χ0n) is 20.1. The molecular weight excluding hydrogens is 436 g/mol. The van der Waals surface area contributed by atoms with E-state index in [1.54, 1.807) is 11.3 Å². The van der Waals surface area contributed by atoms with E-state index in [1.807, 2.05) is 10.9 Å². The maximum absolute atomic E-state index is 5.44. The van der Waals surface area contributed by atoms with Crippen LogP contribution in [0.25, 0.3) is 16.9 Å². The van der Waals surface area contributed by atoms with E-state index in [9.17, 15) is 0 Å². The van der Waals surface area contributed by atoms with Gasteiger partial charge in [-0.3, -0.25) is 14.4 Å². The molecule has 0 aromatic carbocycles. The molecule has 9 nitrogen and oxygen atoms in total. The molecule has 0 atom stereocenters. The Kier molecular flexibility index (Phi) is 8.13. The largest absolute Gasteiger partial charge is 0.379 e. The summed E-state index contributed by atoms with van der Waals surface area (Å²) in [6, 6.07) is 3.07. The minimum Gasteiger partial charge on any atom is -0.379 e. The van der Waals surface area contributed by atoms with Crippen molar-refractivity contribution in [3.05, 3.63) is 23.2 Å². The Hall–Kier alpha value is -2.27. The molecule has 0 bridgehead atoms. The Morgan fingerprint density at radius 3 is 2.58 bits per heavy atom. The summed E-state index contributed by atoms with van der Waals surface area (Å²) in [7, 11) is 0. The number of ether oxygens (including phenoxy) is 1. The highest BCUT2D eigenvalue weighted by Crippen LogP contribution is 2.24. The van der Waals surface area contributed by atoms with Crippen molar-refractivity contribution in [3.63, 3.8) is 0 Å². The van der Waals surface area contributed by atoms with Crippen molar-refractivity contribution in [1.82, 2.24) is 29.3 Å². The second kappa shape index (κ2) is 11.2. The molecule has 10 heteroatoms. The fraction of sp³-hybridized carbons (Fsp3) is 0.609. The van der Waals surface area contributed by atoms with Gasteiger partial charge >= 0.3 is 0 Å². The van der Waals surface area contributed by atoms with Gasteiger partial charge in [0, 0.05) is 56.7 Å². The van der Waals surface area contributed by atoms with E-state index in [1.165, 1.54) is 0 Å². The molecule has 1 aliphatic rings. The fourth-order valence-electron chi connectivity index (χ4n) is 4.25. The van der Waals surface area contributed by atoms with Gasteiger partial charge in [0.2, 0.25) is 5.95 Å². The van der Waals surface area contributed by atoms with Gasteiger partial charge in [0.25, 0.3) is 0 Å². The van der Waals surface area contributed by atoms with Gasteiger partial charge in [-0.15, -0.1) is 0 Å². The van der Waals surface area contributed by atoms with Gasteiger partial charge in [-0.05, 0) is 39.1 Å². The first-order valence-electron chi connectivity index (χ1n) is 11.8. The van der Waals surface area contributed by atoms with Crippen LogP contribution in [-0.2, 0) is 4.74 Å². The monoisotopic (exact) mass is 472 g/mol. The van der Waals surface area contributed by atoms with Crippen LogP contribution in [0.1, 0.15) is 27.7 Å². The Balaban J connectivity index is 1.52. The summed E-state index contributed by atoms with van der Waals surface area (Å²) in [6.45, 7) is 16.0. The van der Waals surface area contributed by atoms with Gasteiger partial charge in [0.1, 0.15) is 6.33 Å². The molecule has 0 aliphatic carbocycles. The van der Waals surface area contributed by atoms with E-state index in [0.29, 0.717) is 18.0 Å². The molecule has 180 valence electrons. The second-order valence-electron chi connectivity index (χ2n) is 8.90. The van der Waals surface area contributed by atoms with Crippen LogP contribution in [0.3, 0.4) is 0 Å². The zero-order chi connectivity index (χ0) is 23.2. The standard InChI is InChI=1S/C23H36N8OS/c1-17(2)30(18(3)4)9-7-24-21-20-22(31(16-26-20)19-5-14-33-15-19)28-23(27-21)25-6-8-29-10-12-32-13-11-29/h5,14-18H,6-13H2,1-4H3,(H2,24,25,27,28). The van der Waals surface area contributed by atoms with Gasteiger partial charge in [-0.25, -0.2) is 4.98 Å². The average Bonchev–Trinajstić information content (AvgIpc) is 3.46. The number of rotatable bonds is 11. The van der Waals surface area contributed by atoms with E-state index in [4.69, 9.17) is 14.7 Å². The maximum Gasteiger partial charge on any atom is 0.226 e. The maximum atomic E-state index is 5.44. The third-order valence-corrected chi connectivity index (χ3v) is 6.66. The Labute approximate surface area is 200 Å². The first-order valence-corrected chi connectivity index (χ1v) is 12.8. The van der Waals surface area contributed by atoms with Crippen molar-refractivity contribution in [2.75, 3.05) is 63.1 Å². The minimum absolute atomic E-state index is 0.493. The summed E-state index contributed by atoms with van der Waals surface area (Å²) in [4.78, 5) is 19.1. The summed E-state index contributed by atoms with van der Waals surface area (Å²) in [6.07, 6.45) is 1.83. The molecule has 0 saturated carbocycles. The van der Waals surface area contributed by atoms with Gasteiger partial charge in [-0.1, -0.05) is 0 Å². The average molecular weight is 473 g/mol. The Morgan fingerprint density at radius 2 is 1.88 bits per heavy atom. The van der Waals surface area contributed by atoms with Crippen molar-refractivity contribution in [3.8, 4) is 5.69 Å². The smallest absolute Gasteiger partial charge is 0.226 e. The molecule has 3 aromatic rings. The molecule has 3 aromatic heterocycles. The lowest BCUT2D eigenvalue weighted by Gasteiger charge is -2.30. The molecule has 1 fully saturated rings. The predicted molar refractivity (Wildman–Crippen MR) is 136 cm³/mol. The molecule has 33 heavy (non-hydrogen) atoms. The minimum atomic E-state index is 0.493. The third-order valence-electron chi connectivity index (χ3n) is 5.98. The molecule has 0 spiro atoms. The number of anilines is 2. The highest BCUT2D eigenvalue weighted by molar-refractivity contribution is 7.08. The molecule has 4 heterocycles. The number of morpholine rings is 1. The van der Waals surface area contributed by atoms with E-state index in [0.717, 1.165) is 75.2 Å². The highest BCUT2D eigenvalue weighted by Gasteiger charge is 2.17. The van der Waals surface area contributed by atoms with Crippen LogP contribution >= 0.6 is 11.3 Å². The molecule has 1 saturated heterocycles. The zero-order valence-corrected chi connectivity index (χ0v) is 20.9. The predicted octanol–water partition coefficient (Wildman–Crippen LogP) is 3.15. The van der Waals surface area contributed by atoms with Gasteiger partial charge in [0.05, 0.1) is 18.9 Å². The van der Waals surface area contributed by atoms with Crippen LogP contribution < -0.4 is 10.6 Å². The summed E-state index contributed by atoms with van der Waals surface area (Å²) < 4.78 is 7.47. The van der Waals surface area contributed by atoms with Crippen LogP contribution in [0.2, 0.25) is 0 Å². The van der Waals surface area contributed by atoms with Crippen molar-refractivity contribution in [2.24, 2.45) is 0 Å². The first-order chi connectivity index (χ1) is 16.0. The number of thiophene rings is 1. The van der Waals surface area contributed by atoms with Crippen molar-refractivity contribution >= 4 is 34.3 Å². The molecular formula is C23H36N8OS. The highest BCUT2D eigenvalue weighted by atomic mass is 32.1. The van der Waals surface area contributed by atoms with Crippen molar-refractivity contribution in [1.29, 1.82) is 0 Å². The van der Waals surface area contributed by atoms with Gasteiger partial charge in [0.15, 0.2) is 17.0 Å². The van der Waals surface area contributed by atoms with Crippen LogP contribution in [-0.4, -0.2) is 93.9 Å². The van der Waals surface area contributed by atoms with Crippen LogP contribution in [0, 0.1) is 0 Å². The molecule has 4 rings (SSSR count). The van der Waals surface area contributed by atoms with Gasteiger partial charge < -0.3 is 15.4 Å². The van der Waals surface area contributed by atoms with Crippen LogP contribution in [0.15, 0.2) is 23.2 Å². The van der Waals surface area contributed by atoms with Crippen molar-refractivity contribution in [2.45, 2.75) is 39.8 Å². The van der Waals surface area contributed by atoms with E-state index in [2.05, 4.69) is 69.9 Å². The molecule has 1 aliphatic heterocycles. The third kappa shape index (κ3) is 6.00. The fourth-order valence-corrected chi connectivity index (χ4v) is 4.88. The van der Waals surface area contributed by atoms with Crippen LogP contribution in [0.5, 0.6) is 0 Å². The number of imidazole rings is 1. The number of aromatic nitrogens is 4. The topological polar surface area (TPSA) is 83.4 Å². The van der Waals surface area contributed by atoms with E-state index >= 15 is 0 Å². The van der Waals surface area contributed by atoms with Crippen LogP contribution in [0.4, 0.5) is 11.8 Å². The number of nitrogens with one attached hydrogen (secondary N) is 2. The summed E-state index contributed by atoms with van der Waals surface area (Å²) in [5.41, 5.74) is 2.67. The quantitative estimate of drug-likeness (QED) is 0.440. The number of hydrogen-bond acceptors (Lipinski definition) is 9. The van der Waals surface area contributed by atoms with E-state index < -0.39 is 0 Å². The SMILES string of the molecule is CC(C)N(CCNc1nc(NCCN2CCOCC2)nc2c1ncn2-c1ccsc1)C(C)C. The molecule has 2 N–H and O–H groups in total. The van der Waals surface area contributed by atoms with E-state index in [-0.39, 0.29) is 0 Å². The normalized spacial score (nSPS) is 15.2. The lowest BCUT2D eigenvalue weighted by Crippen LogP contribution is -2.40. The lowest BCUT2D eigenvalue weighted by molar-refractivity contribution is 0.0398. The Bertz CT molecular complexity index is 989. The Morgan fingerprint density at radius 1 is 1.09 bits per heavy atom. The number of hydrogen-bond donors (Lipinski definition) is 2. The number of nitrogens with zero attached hydrogens (tertiary/aromatic N) is 6. The first kappa shape index (κ1) is 23.9. The number of fused-ring (bicyclic) bond motifs is 1.